The summed E-state index contributed by atoms with van der Waals surface area (Å²) in [5.74, 6) is 0.723. The molecule has 2 atom stereocenters. The van der Waals surface area contributed by atoms with Crippen LogP contribution in [0.15, 0.2) is 54.6 Å². The lowest BCUT2D eigenvalue weighted by Gasteiger charge is -2.43. The van der Waals surface area contributed by atoms with Crippen molar-refractivity contribution in [2.24, 2.45) is 0 Å². The summed E-state index contributed by atoms with van der Waals surface area (Å²) >= 11 is 0. The maximum Gasteiger partial charge on any atom is 0.221 e. The molecule has 3 N–H and O–H groups in total. The molecule has 3 rings (SSSR count). The molecule has 5 nitrogen and oxygen atoms in total. The third kappa shape index (κ3) is 3.89. The second-order valence-corrected chi connectivity index (χ2v) is 6.67. The smallest absolute Gasteiger partial charge is 0.221 e. The number of aliphatic hydroxyl groups excluding tert-OH is 1. The van der Waals surface area contributed by atoms with Gasteiger partial charge in [-0.2, -0.15) is 0 Å². The number of benzene rings is 2. The molecule has 2 aromatic rings. The second kappa shape index (κ2) is 8.34. The molecule has 0 aliphatic carbocycles. The van der Waals surface area contributed by atoms with Crippen molar-refractivity contribution >= 4 is 5.91 Å². The van der Waals surface area contributed by atoms with E-state index in [1.807, 2.05) is 54.6 Å². The molecule has 138 valence electrons. The van der Waals surface area contributed by atoms with Gasteiger partial charge in [-0.15, -0.1) is 0 Å². The van der Waals surface area contributed by atoms with Gasteiger partial charge in [0, 0.05) is 13.0 Å². The average molecular weight is 354 g/mol. The van der Waals surface area contributed by atoms with Crippen LogP contribution in [0.5, 0.6) is 5.75 Å². The van der Waals surface area contributed by atoms with Gasteiger partial charge in [-0.05, 0) is 36.6 Å². The SMILES string of the molecule is COc1ccccc1CCC(=O)N[C@]1(c2ccccc2)CCNC[C@H]1O. The van der Waals surface area contributed by atoms with Crippen LogP contribution in [0.4, 0.5) is 0 Å². The van der Waals surface area contributed by atoms with Crippen LogP contribution in [0.3, 0.4) is 0 Å². The lowest BCUT2D eigenvalue weighted by molar-refractivity contribution is -0.125. The molecule has 1 aliphatic rings. The van der Waals surface area contributed by atoms with Crippen molar-refractivity contribution in [2.75, 3.05) is 20.2 Å². The number of carbonyl (C=O) groups is 1. The van der Waals surface area contributed by atoms with Gasteiger partial charge >= 0.3 is 0 Å². The minimum Gasteiger partial charge on any atom is -0.496 e. The molecule has 2 aromatic carbocycles. The van der Waals surface area contributed by atoms with E-state index in [0.29, 0.717) is 25.8 Å². The Balaban J connectivity index is 1.74. The molecule has 0 unspecified atom stereocenters. The van der Waals surface area contributed by atoms with Gasteiger partial charge in [0.2, 0.25) is 5.91 Å². The monoisotopic (exact) mass is 354 g/mol. The van der Waals surface area contributed by atoms with E-state index in [4.69, 9.17) is 4.74 Å². The van der Waals surface area contributed by atoms with Crippen molar-refractivity contribution in [1.29, 1.82) is 0 Å². The van der Waals surface area contributed by atoms with Crippen molar-refractivity contribution in [3.05, 3.63) is 65.7 Å². The summed E-state index contributed by atoms with van der Waals surface area (Å²) in [5.41, 5.74) is 1.20. The van der Waals surface area contributed by atoms with E-state index in [0.717, 1.165) is 23.4 Å². The molecule has 1 heterocycles. The maximum absolute atomic E-state index is 12.7. The number of methoxy groups -OCH3 is 1. The molecule has 1 saturated heterocycles. The first-order valence-electron chi connectivity index (χ1n) is 9.03. The summed E-state index contributed by atoms with van der Waals surface area (Å²) in [5, 5.41) is 17.0. The van der Waals surface area contributed by atoms with Gasteiger partial charge in [0.25, 0.3) is 0 Å². The number of aryl methyl sites for hydroxylation is 1. The molecule has 0 bridgehead atoms. The molecule has 0 radical (unpaired) electrons. The van der Waals surface area contributed by atoms with E-state index >= 15 is 0 Å². The highest BCUT2D eigenvalue weighted by atomic mass is 16.5. The van der Waals surface area contributed by atoms with Gasteiger partial charge in [-0.3, -0.25) is 4.79 Å². The highest BCUT2D eigenvalue weighted by molar-refractivity contribution is 5.77. The van der Waals surface area contributed by atoms with E-state index in [1.165, 1.54) is 0 Å². The van der Waals surface area contributed by atoms with Gasteiger partial charge in [-0.25, -0.2) is 0 Å². The van der Waals surface area contributed by atoms with Gasteiger partial charge < -0.3 is 20.5 Å². The fraction of sp³-hybridized carbons (Fsp3) is 0.381. The van der Waals surface area contributed by atoms with Crippen LogP contribution < -0.4 is 15.4 Å². The quantitative estimate of drug-likeness (QED) is 0.742. The van der Waals surface area contributed by atoms with Crippen LogP contribution in [-0.4, -0.2) is 37.3 Å². The molecule has 26 heavy (non-hydrogen) atoms. The van der Waals surface area contributed by atoms with Crippen LogP contribution in [0, 0.1) is 0 Å². The van der Waals surface area contributed by atoms with E-state index in [9.17, 15) is 9.90 Å². The topological polar surface area (TPSA) is 70.6 Å². The Hall–Kier alpha value is -2.37. The summed E-state index contributed by atoms with van der Waals surface area (Å²) in [6.45, 7) is 1.21. The van der Waals surface area contributed by atoms with E-state index < -0.39 is 11.6 Å². The number of ether oxygens (including phenoxy) is 1. The van der Waals surface area contributed by atoms with Gasteiger partial charge in [0.05, 0.1) is 18.8 Å². The zero-order valence-electron chi connectivity index (χ0n) is 15.1. The van der Waals surface area contributed by atoms with Crippen molar-refractivity contribution in [3.63, 3.8) is 0 Å². The number of aliphatic hydroxyl groups is 1. The molecular weight excluding hydrogens is 328 g/mol. The number of piperidine rings is 1. The van der Waals surface area contributed by atoms with Crippen LogP contribution >= 0.6 is 0 Å². The van der Waals surface area contributed by atoms with E-state index in [1.54, 1.807) is 7.11 Å². The third-order valence-corrected chi connectivity index (χ3v) is 5.07. The van der Waals surface area contributed by atoms with Crippen molar-refractivity contribution < 1.29 is 14.6 Å². The molecule has 0 spiro atoms. The fourth-order valence-corrected chi connectivity index (χ4v) is 3.62. The maximum atomic E-state index is 12.7. The first-order chi connectivity index (χ1) is 12.7. The first kappa shape index (κ1) is 18.4. The van der Waals surface area contributed by atoms with Crippen molar-refractivity contribution in [1.82, 2.24) is 10.6 Å². The number of amides is 1. The predicted molar refractivity (Wildman–Crippen MR) is 101 cm³/mol. The van der Waals surface area contributed by atoms with E-state index in [-0.39, 0.29) is 5.91 Å². The zero-order chi connectivity index (χ0) is 18.4. The fourth-order valence-electron chi connectivity index (χ4n) is 3.62. The molecule has 0 aromatic heterocycles. The Bertz CT molecular complexity index is 735. The van der Waals surface area contributed by atoms with Gasteiger partial charge in [-0.1, -0.05) is 48.5 Å². The van der Waals surface area contributed by atoms with Crippen LogP contribution in [-0.2, 0) is 16.8 Å². The number of para-hydroxylation sites is 1. The number of β-amino-alcohol motifs (C(OH)–C–C–N with tert-alkyl or cyclic N) is 1. The van der Waals surface area contributed by atoms with Crippen LogP contribution in [0.2, 0.25) is 0 Å². The first-order valence-corrected chi connectivity index (χ1v) is 9.03. The molecule has 1 amide bonds. The largest absolute Gasteiger partial charge is 0.496 e. The third-order valence-electron chi connectivity index (χ3n) is 5.07. The number of rotatable bonds is 6. The normalized spacial score (nSPS) is 22.6. The number of carbonyl (C=O) groups excluding carboxylic acids is 1. The minimum atomic E-state index is -0.746. The average Bonchev–Trinajstić information content (AvgIpc) is 2.69. The zero-order valence-corrected chi connectivity index (χ0v) is 15.1. The van der Waals surface area contributed by atoms with Crippen molar-refractivity contribution in [2.45, 2.75) is 30.9 Å². The Morgan fingerprint density at radius 2 is 1.96 bits per heavy atom. The Morgan fingerprint density at radius 1 is 1.23 bits per heavy atom. The summed E-state index contributed by atoms with van der Waals surface area (Å²) in [4.78, 5) is 12.7. The molecule has 5 heteroatoms. The van der Waals surface area contributed by atoms with Crippen LogP contribution in [0.1, 0.15) is 24.0 Å². The molecule has 1 aliphatic heterocycles. The molecule has 0 saturated carbocycles. The predicted octanol–water partition coefficient (Wildman–Crippen LogP) is 1.99. The Labute approximate surface area is 154 Å². The van der Waals surface area contributed by atoms with Crippen LogP contribution in [0.25, 0.3) is 0 Å². The summed E-state index contributed by atoms with van der Waals surface area (Å²) in [6.07, 6.45) is 0.914. The summed E-state index contributed by atoms with van der Waals surface area (Å²) < 4.78 is 5.35. The standard InChI is InChI=1S/C21H26N2O3/c1-26-18-10-6-5-7-16(18)11-12-20(25)23-21(13-14-22-15-19(21)24)17-8-3-2-4-9-17/h2-10,19,22,24H,11-15H2,1H3,(H,23,25)/t19-,21+/m1/s1. The van der Waals surface area contributed by atoms with Crippen molar-refractivity contribution in [3.8, 4) is 5.75 Å². The number of nitrogens with one attached hydrogen (secondary N) is 2. The summed E-state index contributed by atoms with van der Waals surface area (Å²) in [6, 6.07) is 17.5. The Kier molecular flexibility index (Phi) is 5.91. The second-order valence-electron chi connectivity index (χ2n) is 6.67. The summed E-state index contributed by atoms with van der Waals surface area (Å²) in [7, 11) is 1.63. The molecule has 1 fully saturated rings. The van der Waals surface area contributed by atoms with E-state index in [2.05, 4.69) is 10.6 Å². The van der Waals surface area contributed by atoms with Gasteiger partial charge in [0.15, 0.2) is 0 Å². The van der Waals surface area contributed by atoms with Gasteiger partial charge in [0.1, 0.15) is 5.75 Å². The number of hydrogen-bond donors (Lipinski definition) is 3. The highest BCUT2D eigenvalue weighted by Crippen LogP contribution is 2.31. The molecular formula is C21H26N2O3. The highest BCUT2D eigenvalue weighted by Gasteiger charge is 2.42. The lowest BCUT2D eigenvalue weighted by atomic mass is 9.79. The Morgan fingerprint density at radius 3 is 2.69 bits per heavy atom. The minimum absolute atomic E-state index is 0.0688. The lowest BCUT2D eigenvalue weighted by Crippen LogP contribution is -2.61. The number of hydrogen-bond acceptors (Lipinski definition) is 4.